The van der Waals surface area contributed by atoms with E-state index in [0.29, 0.717) is 17.5 Å². The van der Waals surface area contributed by atoms with Gasteiger partial charge in [0.25, 0.3) is 0 Å². The van der Waals surface area contributed by atoms with Gasteiger partial charge in [0.2, 0.25) is 11.1 Å². The minimum atomic E-state index is -0.0113. The van der Waals surface area contributed by atoms with Crippen LogP contribution in [-0.2, 0) is 4.79 Å². The highest BCUT2D eigenvalue weighted by atomic mass is 32.2. The summed E-state index contributed by atoms with van der Waals surface area (Å²) < 4.78 is 0. The van der Waals surface area contributed by atoms with Gasteiger partial charge in [0.15, 0.2) is 5.82 Å². The third kappa shape index (κ3) is 4.40. The molecule has 1 heterocycles. The Hall–Kier alpha value is -2.86. The van der Waals surface area contributed by atoms with Crippen molar-refractivity contribution in [3.05, 3.63) is 72.8 Å². The minimum Gasteiger partial charge on any atom is -0.308 e. The van der Waals surface area contributed by atoms with Gasteiger partial charge in [-0.1, -0.05) is 65.9 Å². The van der Waals surface area contributed by atoms with E-state index >= 15 is 0 Å². The highest BCUT2D eigenvalue weighted by molar-refractivity contribution is 7.99. The molecule has 6 heteroatoms. The Balaban J connectivity index is 1.65. The van der Waals surface area contributed by atoms with Gasteiger partial charge >= 0.3 is 0 Å². The zero-order valence-corrected chi connectivity index (χ0v) is 15.4. The van der Waals surface area contributed by atoms with E-state index in [1.807, 2.05) is 61.5 Å². The number of nitrogens with zero attached hydrogens (tertiary/aromatic N) is 3. The first-order valence-electron chi connectivity index (χ1n) is 8.26. The second kappa shape index (κ2) is 8.49. The zero-order chi connectivity index (χ0) is 18.4. The molecule has 26 heavy (non-hydrogen) atoms. The molecule has 1 aromatic heterocycles. The van der Waals surface area contributed by atoms with Gasteiger partial charge in [-0.2, -0.15) is 0 Å². The first-order chi connectivity index (χ1) is 12.7. The summed E-state index contributed by atoms with van der Waals surface area (Å²) in [7, 11) is 0. The highest BCUT2D eigenvalue weighted by Gasteiger charge is 2.16. The lowest BCUT2D eigenvalue weighted by Gasteiger charge is -2.20. The van der Waals surface area contributed by atoms with Gasteiger partial charge in [-0.3, -0.25) is 9.89 Å². The molecule has 0 spiro atoms. The summed E-state index contributed by atoms with van der Waals surface area (Å²) in [6.45, 7) is 6.24. The van der Waals surface area contributed by atoms with Crippen LogP contribution in [0.25, 0.3) is 11.4 Å². The van der Waals surface area contributed by atoms with E-state index in [0.717, 1.165) is 11.3 Å². The molecule has 0 aliphatic carbocycles. The summed E-state index contributed by atoms with van der Waals surface area (Å²) in [4.78, 5) is 18.8. The lowest BCUT2D eigenvalue weighted by atomic mass is 10.1. The van der Waals surface area contributed by atoms with E-state index in [1.54, 1.807) is 11.0 Å². The van der Waals surface area contributed by atoms with Gasteiger partial charge < -0.3 is 4.90 Å². The Morgan fingerprint density at radius 3 is 2.62 bits per heavy atom. The highest BCUT2D eigenvalue weighted by Crippen LogP contribution is 2.21. The van der Waals surface area contributed by atoms with Crippen LogP contribution in [-0.4, -0.2) is 33.4 Å². The fourth-order valence-corrected chi connectivity index (χ4v) is 3.12. The van der Waals surface area contributed by atoms with Crippen molar-refractivity contribution >= 4 is 23.4 Å². The molecule has 1 N–H and O–H groups in total. The van der Waals surface area contributed by atoms with Crippen LogP contribution in [0.2, 0.25) is 0 Å². The van der Waals surface area contributed by atoms with Crippen molar-refractivity contribution in [2.45, 2.75) is 12.1 Å². The Labute approximate surface area is 157 Å². The number of rotatable bonds is 7. The molecular weight excluding hydrogens is 344 g/mol. The van der Waals surface area contributed by atoms with E-state index in [-0.39, 0.29) is 11.7 Å². The molecular formula is C20H20N4OS. The number of aromatic amines is 1. The summed E-state index contributed by atoms with van der Waals surface area (Å²) in [6.07, 6.45) is 1.72. The predicted molar refractivity (Wildman–Crippen MR) is 106 cm³/mol. The third-order valence-electron chi connectivity index (χ3n) is 3.80. The number of hydrogen-bond acceptors (Lipinski definition) is 4. The summed E-state index contributed by atoms with van der Waals surface area (Å²) in [5, 5.41) is 7.69. The average Bonchev–Trinajstić information content (AvgIpc) is 3.14. The molecule has 0 aliphatic heterocycles. The maximum atomic E-state index is 12.6. The Bertz CT molecular complexity index is 874. The smallest absolute Gasteiger partial charge is 0.237 e. The van der Waals surface area contributed by atoms with Crippen molar-refractivity contribution in [3.63, 3.8) is 0 Å². The van der Waals surface area contributed by atoms with Crippen molar-refractivity contribution in [1.29, 1.82) is 0 Å². The molecule has 132 valence electrons. The second-order valence-electron chi connectivity index (χ2n) is 5.75. The predicted octanol–water partition coefficient (Wildman–Crippen LogP) is 4.09. The van der Waals surface area contributed by atoms with Crippen LogP contribution in [0.15, 0.2) is 72.4 Å². The molecule has 0 unspecified atom stereocenters. The molecule has 3 rings (SSSR count). The number of hydrogen-bond donors (Lipinski definition) is 1. The molecule has 0 saturated carbocycles. The summed E-state index contributed by atoms with van der Waals surface area (Å²) >= 11 is 1.32. The first-order valence-corrected chi connectivity index (χ1v) is 9.24. The summed E-state index contributed by atoms with van der Waals surface area (Å²) in [6, 6.07) is 17.6. The van der Waals surface area contributed by atoms with E-state index in [4.69, 9.17) is 0 Å². The molecule has 0 bridgehead atoms. The van der Waals surface area contributed by atoms with Crippen molar-refractivity contribution in [2.75, 3.05) is 17.2 Å². The number of H-pyrrole nitrogens is 1. The van der Waals surface area contributed by atoms with E-state index in [2.05, 4.69) is 21.8 Å². The molecule has 0 saturated heterocycles. The molecule has 2 aromatic carbocycles. The van der Waals surface area contributed by atoms with Crippen LogP contribution in [0, 0.1) is 6.92 Å². The molecule has 0 radical (unpaired) electrons. The number of thioether (sulfide) groups is 1. The average molecular weight is 364 g/mol. The maximum absolute atomic E-state index is 12.6. The van der Waals surface area contributed by atoms with Crippen molar-refractivity contribution in [3.8, 4) is 11.4 Å². The SMILES string of the molecule is C=CCN(C(=O)CSc1n[nH]c(-c2ccc(C)cc2)n1)c1ccccc1. The Morgan fingerprint density at radius 1 is 1.19 bits per heavy atom. The normalized spacial score (nSPS) is 10.5. The number of nitrogens with one attached hydrogen (secondary N) is 1. The number of aromatic nitrogens is 3. The largest absolute Gasteiger partial charge is 0.308 e. The van der Waals surface area contributed by atoms with Gasteiger partial charge in [0, 0.05) is 17.8 Å². The summed E-state index contributed by atoms with van der Waals surface area (Å²) in [5.74, 6) is 0.947. The molecule has 1 amide bonds. The first kappa shape index (κ1) is 17.9. The second-order valence-corrected chi connectivity index (χ2v) is 6.69. The Kier molecular flexibility index (Phi) is 5.86. The van der Waals surface area contributed by atoms with E-state index in [9.17, 15) is 4.79 Å². The number of anilines is 1. The van der Waals surface area contributed by atoms with Gasteiger partial charge in [0.05, 0.1) is 5.75 Å². The quantitative estimate of drug-likeness (QED) is 0.507. The maximum Gasteiger partial charge on any atom is 0.237 e. The van der Waals surface area contributed by atoms with Crippen LogP contribution in [0.3, 0.4) is 0 Å². The number of carbonyl (C=O) groups excluding carboxylic acids is 1. The fraction of sp³-hybridized carbons (Fsp3) is 0.150. The van der Waals surface area contributed by atoms with Crippen molar-refractivity contribution < 1.29 is 4.79 Å². The Morgan fingerprint density at radius 2 is 1.92 bits per heavy atom. The molecule has 0 fully saturated rings. The molecule has 0 aliphatic rings. The third-order valence-corrected chi connectivity index (χ3v) is 4.63. The van der Waals surface area contributed by atoms with Crippen LogP contribution >= 0.6 is 11.8 Å². The molecule has 3 aromatic rings. The summed E-state index contributed by atoms with van der Waals surface area (Å²) in [5.41, 5.74) is 3.02. The van der Waals surface area contributed by atoms with Gasteiger partial charge in [-0.05, 0) is 19.1 Å². The van der Waals surface area contributed by atoms with E-state index in [1.165, 1.54) is 17.3 Å². The number of amides is 1. The number of benzene rings is 2. The van der Waals surface area contributed by atoms with Gasteiger partial charge in [0.1, 0.15) is 0 Å². The number of carbonyl (C=O) groups is 1. The van der Waals surface area contributed by atoms with Crippen LogP contribution in [0.4, 0.5) is 5.69 Å². The zero-order valence-electron chi connectivity index (χ0n) is 14.6. The van der Waals surface area contributed by atoms with Crippen LogP contribution < -0.4 is 4.90 Å². The standard InChI is InChI=1S/C20H20N4OS/c1-3-13-24(17-7-5-4-6-8-17)18(25)14-26-20-21-19(22-23-20)16-11-9-15(2)10-12-16/h3-12H,1,13-14H2,2H3,(H,21,22,23). The number of aryl methyl sites for hydroxylation is 1. The lowest BCUT2D eigenvalue weighted by molar-refractivity contribution is -0.116. The van der Waals surface area contributed by atoms with Crippen LogP contribution in [0.1, 0.15) is 5.56 Å². The lowest BCUT2D eigenvalue weighted by Crippen LogP contribution is -2.32. The van der Waals surface area contributed by atoms with Crippen LogP contribution in [0.5, 0.6) is 0 Å². The van der Waals surface area contributed by atoms with Crippen molar-refractivity contribution in [2.24, 2.45) is 0 Å². The van der Waals surface area contributed by atoms with Crippen molar-refractivity contribution in [1.82, 2.24) is 15.2 Å². The molecule has 5 nitrogen and oxygen atoms in total. The van der Waals surface area contributed by atoms with Gasteiger partial charge in [-0.15, -0.1) is 11.7 Å². The monoisotopic (exact) mass is 364 g/mol. The topological polar surface area (TPSA) is 61.9 Å². The fourth-order valence-electron chi connectivity index (χ4n) is 2.44. The van der Waals surface area contributed by atoms with E-state index < -0.39 is 0 Å². The minimum absolute atomic E-state index is 0.0113. The number of para-hydroxylation sites is 1. The molecule has 0 atom stereocenters. The van der Waals surface area contributed by atoms with Gasteiger partial charge in [-0.25, -0.2) is 4.98 Å².